The molecule has 20 heavy (non-hydrogen) atoms. The number of aryl methyl sites for hydroxylation is 2. The Kier molecular flexibility index (Phi) is 4.61. The van der Waals surface area contributed by atoms with Crippen molar-refractivity contribution < 1.29 is 19.8 Å². The van der Waals surface area contributed by atoms with Gasteiger partial charge in [-0.1, -0.05) is 0 Å². The van der Waals surface area contributed by atoms with Gasteiger partial charge in [0.25, 0.3) is 0 Å². The van der Waals surface area contributed by atoms with E-state index < -0.39 is 29.7 Å². The molecule has 0 saturated carbocycles. The van der Waals surface area contributed by atoms with E-state index >= 15 is 0 Å². The first kappa shape index (κ1) is 15.8. The number of aliphatic carboxylic acids is 1. The summed E-state index contributed by atoms with van der Waals surface area (Å²) in [4.78, 5) is 39.7. The van der Waals surface area contributed by atoms with Crippen molar-refractivity contribution >= 4 is 11.9 Å². The molecule has 1 unspecified atom stereocenters. The van der Waals surface area contributed by atoms with E-state index in [0.717, 1.165) is 6.92 Å². The number of carbonyl (C=O) groups excluding carboxylic acids is 1. The molecule has 1 aromatic rings. The molecule has 1 amide bonds. The van der Waals surface area contributed by atoms with Crippen LogP contribution in [-0.4, -0.2) is 44.2 Å². The van der Waals surface area contributed by atoms with Crippen LogP contribution in [0.15, 0.2) is 4.79 Å². The Labute approximate surface area is 114 Å². The normalized spacial score (nSPS) is 13.6. The Morgan fingerprint density at radius 1 is 1.40 bits per heavy atom. The number of carboxylic acids is 1. The molecule has 8 heteroatoms. The lowest BCUT2D eigenvalue weighted by atomic mass is 10.1. The summed E-state index contributed by atoms with van der Waals surface area (Å²) < 4.78 is 0. The zero-order valence-electron chi connectivity index (χ0n) is 11.5. The van der Waals surface area contributed by atoms with Gasteiger partial charge in [0, 0.05) is 17.0 Å². The zero-order valence-corrected chi connectivity index (χ0v) is 11.5. The maximum absolute atomic E-state index is 11.7. The summed E-state index contributed by atoms with van der Waals surface area (Å²) >= 11 is 0. The van der Waals surface area contributed by atoms with E-state index in [-0.39, 0.29) is 6.42 Å². The average Bonchev–Trinajstić information content (AvgIpc) is 2.31. The van der Waals surface area contributed by atoms with Crippen LogP contribution in [0.1, 0.15) is 23.9 Å². The molecule has 0 aliphatic heterocycles. The van der Waals surface area contributed by atoms with Crippen molar-refractivity contribution in [2.45, 2.75) is 32.8 Å². The topological polar surface area (TPSA) is 132 Å². The van der Waals surface area contributed by atoms with E-state index in [1.54, 1.807) is 13.8 Å². The molecule has 110 valence electrons. The molecule has 0 radical (unpaired) electrons. The summed E-state index contributed by atoms with van der Waals surface area (Å²) in [6.07, 6.45) is -0.0584. The van der Waals surface area contributed by atoms with Crippen molar-refractivity contribution in [1.82, 2.24) is 15.3 Å². The number of hydrogen-bond donors (Lipinski definition) is 4. The van der Waals surface area contributed by atoms with Crippen LogP contribution < -0.4 is 11.0 Å². The van der Waals surface area contributed by atoms with Gasteiger partial charge in [-0.15, -0.1) is 0 Å². The van der Waals surface area contributed by atoms with E-state index in [9.17, 15) is 19.5 Å². The van der Waals surface area contributed by atoms with E-state index in [2.05, 4.69) is 15.3 Å². The van der Waals surface area contributed by atoms with Gasteiger partial charge in [-0.25, -0.2) is 9.59 Å². The second-order valence-corrected chi connectivity index (χ2v) is 4.76. The van der Waals surface area contributed by atoms with E-state index in [1.807, 2.05) is 0 Å². The largest absolute Gasteiger partial charge is 0.479 e. The van der Waals surface area contributed by atoms with Crippen LogP contribution in [0.2, 0.25) is 0 Å². The first-order valence-corrected chi connectivity index (χ1v) is 5.92. The summed E-state index contributed by atoms with van der Waals surface area (Å²) in [5.41, 5.74) is -0.979. The lowest BCUT2D eigenvalue weighted by molar-refractivity contribution is -0.156. The average molecular weight is 283 g/mol. The molecule has 0 bridgehead atoms. The summed E-state index contributed by atoms with van der Waals surface area (Å²) in [7, 11) is 0. The molecule has 0 saturated heterocycles. The Bertz CT molecular complexity index is 565. The first-order valence-electron chi connectivity index (χ1n) is 5.92. The number of aliphatic hydroxyl groups is 1. The molecule has 0 aliphatic rings. The van der Waals surface area contributed by atoms with Crippen LogP contribution >= 0.6 is 0 Å². The van der Waals surface area contributed by atoms with Gasteiger partial charge in [0.1, 0.15) is 0 Å². The van der Waals surface area contributed by atoms with Crippen LogP contribution in [0, 0.1) is 13.8 Å². The minimum atomic E-state index is -2.02. The Morgan fingerprint density at radius 3 is 2.50 bits per heavy atom. The summed E-state index contributed by atoms with van der Waals surface area (Å²) in [5.74, 6) is -1.89. The van der Waals surface area contributed by atoms with Gasteiger partial charge >= 0.3 is 11.7 Å². The van der Waals surface area contributed by atoms with Crippen molar-refractivity contribution in [3.8, 4) is 0 Å². The van der Waals surface area contributed by atoms with Gasteiger partial charge in [0.05, 0.1) is 13.0 Å². The Morgan fingerprint density at radius 2 is 2.00 bits per heavy atom. The lowest BCUT2D eigenvalue weighted by Gasteiger charge is -2.18. The highest BCUT2D eigenvalue weighted by Gasteiger charge is 2.30. The van der Waals surface area contributed by atoms with Gasteiger partial charge in [-0.3, -0.25) is 4.79 Å². The Balaban J connectivity index is 2.73. The third kappa shape index (κ3) is 3.89. The van der Waals surface area contributed by atoms with Crippen molar-refractivity contribution in [2.24, 2.45) is 0 Å². The number of aromatic amines is 1. The molecule has 0 aliphatic carbocycles. The number of aromatic nitrogens is 2. The molecular weight excluding hydrogens is 266 g/mol. The second kappa shape index (κ2) is 5.83. The third-order valence-electron chi connectivity index (χ3n) is 2.88. The molecule has 1 heterocycles. The van der Waals surface area contributed by atoms with Crippen LogP contribution in [0.4, 0.5) is 0 Å². The van der Waals surface area contributed by atoms with Gasteiger partial charge in [0.2, 0.25) is 5.91 Å². The number of H-pyrrole nitrogens is 1. The highest BCUT2D eigenvalue weighted by molar-refractivity contribution is 5.81. The number of nitrogens with zero attached hydrogens (tertiary/aromatic N) is 1. The number of amides is 1. The molecular formula is C12H17N3O5. The summed E-state index contributed by atoms with van der Waals surface area (Å²) in [6, 6.07) is 0. The van der Waals surface area contributed by atoms with Crippen LogP contribution in [-0.2, 0) is 16.0 Å². The minimum Gasteiger partial charge on any atom is -0.479 e. The van der Waals surface area contributed by atoms with E-state index in [1.165, 1.54) is 0 Å². The standard InChI is InChI=1S/C12H17N3O5/c1-6-8(7(2)15-11(19)14-6)4-9(16)13-5-12(3,20)10(17)18/h20H,4-5H2,1-3H3,(H,13,16)(H,17,18)(H,14,15,19). The molecule has 1 atom stereocenters. The molecule has 1 aromatic heterocycles. The molecule has 0 aromatic carbocycles. The van der Waals surface area contributed by atoms with Crippen LogP contribution in [0.3, 0.4) is 0 Å². The van der Waals surface area contributed by atoms with Gasteiger partial charge in [-0.05, 0) is 20.8 Å². The summed E-state index contributed by atoms with van der Waals surface area (Å²) in [6.45, 7) is 3.94. The highest BCUT2D eigenvalue weighted by Crippen LogP contribution is 2.08. The first-order chi connectivity index (χ1) is 9.13. The monoisotopic (exact) mass is 283 g/mol. The fourth-order valence-corrected chi connectivity index (χ4v) is 1.58. The second-order valence-electron chi connectivity index (χ2n) is 4.76. The van der Waals surface area contributed by atoms with Gasteiger partial charge < -0.3 is 20.5 Å². The number of hydrogen-bond acceptors (Lipinski definition) is 5. The van der Waals surface area contributed by atoms with Crippen molar-refractivity contribution in [2.75, 3.05) is 6.54 Å². The molecule has 4 N–H and O–H groups in total. The SMILES string of the molecule is Cc1nc(=O)[nH]c(C)c1CC(=O)NCC(C)(O)C(=O)O. The molecule has 1 rings (SSSR count). The van der Waals surface area contributed by atoms with E-state index in [4.69, 9.17) is 5.11 Å². The van der Waals surface area contributed by atoms with Gasteiger partial charge in [0.15, 0.2) is 5.60 Å². The highest BCUT2D eigenvalue weighted by atomic mass is 16.4. The van der Waals surface area contributed by atoms with Crippen molar-refractivity contribution in [3.05, 3.63) is 27.4 Å². The quantitative estimate of drug-likeness (QED) is 0.541. The zero-order chi connectivity index (χ0) is 15.5. The number of carbonyl (C=O) groups is 2. The van der Waals surface area contributed by atoms with Crippen molar-refractivity contribution in [3.63, 3.8) is 0 Å². The fraction of sp³-hybridized carbons (Fsp3) is 0.500. The molecule has 0 fully saturated rings. The summed E-state index contributed by atoms with van der Waals surface area (Å²) in [5, 5.41) is 20.5. The van der Waals surface area contributed by atoms with Crippen LogP contribution in [0.25, 0.3) is 0 Å². The lowest BCUT2D eigenvalue weighted by Crippen LogP contribution is -2.47. The Hall–Kier alpha value is -2.22. The number of nitrogens with one attached hydrogen (secondary N) is 2. The molecule has 8 nitrogen and oxygen atoms in total. The van der Waals surface area contributed by atoms with E-state index in [0.29, 0.717) is 17.0 Å². The molecule has 0 spiro atoms. The minimum absolute atomic E-state index is 0.0584. The maximum atomic E-state index is 11.7. The predicted octanol–water partition coefficient (Wildman–Crippen LogP) is -1.12. The van der Waals surface area contributed by atoms with Gasteiger partial charge in [-0.2, -0.15) is 4.98 Å². The smallest absolute Gasteiger partial charge is 0.345 e. The predicted molar refractivity (Wildman–Crippen MR) is 69.3 cm³/mol. The fourth-order valence-electron chi connectivity index (χ4n) is 1.58. The van der Waals surface area contributed by atoms with Crippen molar-refractivity contribution in [1.29, 1.82) is 0 Å². The maximum Gasteiger partial charge on any atom is 0.345 e. The van der Waals surface area contributed by atoms with Crippen LogP contribution in [0.5, 0.6) is 0 Å². The third-order valence-corrected chi connectivity index (χ3v) is 2.88. The number of rotatable bonds is 5. The number of carboxylic acid groups (broad SMARTS) is 1.